The van der Waals surface area contributed by atoms with Crippen molar-refractivity contribution in [3.8, 4) is 0 Å². The molecule has 0 radical (unpaired) electrons. The fourth-order valence-corrected chi connectivity index (χ4v) is 1.11. The Balaban J connectivity index is 2.51. The number of aromatic nitrogens is 3. The number of nitrogens with zero attached hydrogens (tertiary/aromatic N) is 2. The minimum absolute atomic E-state index is 0.142. The van der Waals surface area contributed by atoms with Crippen LogP contribution in [0.1, 0.15) is 6.92 Å². The Bertz CT molecular complexity index is 448. The van der Waals surface area contributed by atoms with Gasteiger partial charge < -0.3 is 5.32 Å². The second kappa shape index (κ2) is 2.85. The maximum absolute atomic E-state index is 10.8. The van der Waals surface area contributed by atoms with Gasteiger partial charge in [0.25, 0.3) is 0 Å². The molecule has 0 atom stereocenters. The lowest BCUT2D eigenvalue weighted by Crippen LogP contribution is -2.06. The monoisotopic (exact) mass is 176 g/mol. The van der Waals surface area contributed by atoms with Crippen molar-refractivity contribution in [1.29, 1.82) is 0 Å². The van der Waals surface area contributed by atoms with Gasteiger partial charge in [0.1, 0.15) is 11.0 Å². The van der Waals surface area contributed by atoms with Crippen molar-refractivity contribution >= 4 is 22.8 Å². The summed E-state index contributed by atoms with van der Waals surface area (Å²) >= 11 is 0. The average Bonchev–Trinajstić information content (AvgIpc) is 2.48. The van der Waals surface area contributed by atoms with Gasteiger partial charge in [0, 0.05) is 13.1 Å². The molecule has 0 bridgehead atoms. The van der Waals surface area contributed by atoms with Gasteiger partial charge in [-0.1, -0.05) is 0 Å². The summed E-state index contributed by atoms with van der Waals surface area (Å²) in [5, 5.41) is 9.28. The highest BCUT2D eigenvalue weighted by Gasteiger charge is 2.05. The van der Waals surface area contributed by atoms with Gasteiger partial charge in [-0.25, -0.2) is 0 Å². The van der Waals surface area contributed by atoms with Crippen molar-refractivity contribution in [2.45, 2.75) is 6.92 Å². The molecule has 2 aromatic rings. The van der Waals surface area contributed by atoms with E-state index in [4.69, 9.17) is 0 Å². The molecule has 1 amide bonds. The molecule has 0 saturated heterocycles. The molecule has 2 N–H and O–H groups in total. The van der Waals surface area contributed by atoms with E-state index >= 15 is 0 Å². The summed E-state index contributed by atoms with van der Waals surface area (Å²) in [6.45, 7) is 1.44. The minimum atomic E-state index is -0.142. The zero-order chi connectivity index (χ0) is 9.26. The topological polar surface area (TPSA) is 70.7 Å². The molecular formula is C8H8N4O. The first kappa shape index (κ1) is 7.72. The highest BCUT2D eigenvalue weighted by molar-refractivity contribution is 5.96. The molecule has 0 aliphatic carbocycles. The van der Waals surface area contributed by atoms with E-state index in [-0.39, 0.29) is 5.91 Å². The van der Waals surface area contributed by atoms with Crippen molar-refractivity contribution in [1.82, 2.24) is 15.2 Å². The largest absolute Gasteiger partial charge is 0.309 e. The van der Waals surface area contributed by atoms with Gasteiger partial charge in [-0.05, 0) is 12.1 Å². The molecule has 0 unspecified atom stereocenters. The summed E-state index contributed by atoms with van der Waals surface area (Å²) in [4.78, 5) is 14.9. The van der Waals surface area contributed by atoms with Crippen molar-refractivity contribution in [2.75, 3.05) is 5.32 Å². The number of carbonyl (C=O) groups excluding carboxylic acids is 1. The summed E-state index contributed by atoms with van der Waals surface area (Å²) in [5.41, 5.74) is 1.42. The third kappa shape index (κ3) is 1.35. The van der Waals surface area contributed by atoms with E-state index in [0.717, 1.165) is 5.52 Å². The van der Waals surface area contributed by atoms with Crippen LogP contribution < -0.4 is 5.32 Å². The fourth-order valence-electron chi connectivity index (χ4n) is 1.11. The van der Waals surface area contributed by atoms with Crippen LogP contribution in [0.25, 0.3) is 11.0 Å². The second-order valence-corrected chi connectivity index (χ2v) is 2.65. The molecule has 66 valence electrons. The van der Waals surface area contributed by atoms with Crippen LogP contribution in [-0.2, 0) is 4.79 Å². The normalized spacial score (nSPS) is 10.2. The zero-order valence-electron chi connectivity index (χ0n) is 7.03. The average molecular weight is 176 g/mol. The van der Waals surface area contributed by atoms with E-state index in [1.807, 2.05) is 6.07 Å². The smallest absolute Gasteiger partial charge is 0.222 e. The molecule has 5 heteroatoms. The molecule has 0 spiro atoms. The lowest BCUT2D eigenvalue weighted by molar-refractivity contribution is -0.114. The Morgan fingerprint density at radius 3 is 3.23 bits per heavy atom. The number of aromatic amines is 1. The van der Waals surface area contributed by atoms with E-state index in [2.05, 4.69) is 20.5 Å². The quantitative estimate of drug-likeness (QED) is 0.678. The van der Waals surface area contributed by atoms with Crippen LogP contribution in [0.5, 0.6) is 0 Å². The number of hydrogen-bond acceptors (Lipinski definition) is 3. The molecule has 5 nitrogen and oxygen atoms in total. The van der Waals surface area contributed by atoms with Crippen molar-refractivity contribution in [3.05, 3.63) is 18.3 Å². The first-order valence-electron chi connectivity index (χ1n) is 3.84. The maximum Gasteiger partial charge on any atom is 0.222 e. The molecular weight excluding hydrogens is 168 g/mol. The van der Waals surface area contributed by atoms with Crippen LogP contribution in [0, 0.1) is 0 Å². The third-order valence-corrected chi connectivity index (χ3v) is 1.61. The van der Waals surface area contributed by atoms with Crippen LogP contribution in [0.15, 0.2) is 18.3 Å². The number of H-pyrrole nitrogens is 1. The van der Waals surface area contributed by atoms with Crippen molar-refractivity contribution < 1.29 is 4.79 Å². The highest BCUT2D eigenvalue weighted by atomic mass is 16.1. The molecule has 0 saturated carbocycles. The Labute approximate surface area is 74.2 Å². The summed E-state index contributed by atoms with van der Waals surface area (Å²) < 4.78 is 0. The Hall–Kier alpha value is -1.91. The number of hydrogen-bond donors (Lipinski definition) is 2. The zero-order valence-corrected chi connectivity index (χ0v) is 7.03. The second-order valence-electron chi connectivity index (χ2n) is 2.65. The molecule has 2 heterocycles. The van der Waals surface area contributed by atoms with E-state index in [1.54, 1.807) is 12.3 Å². The van der Waals surface area contributed by atoms with Crippen LogP contribution in [-0.4, -0.2) is 21.1 Å². The summed E-state index contributed by atoms with van der Waals surface area (Å²) in [5.74, 6) is 0.402. The molecule has 2 rings (SSSR count). The summed E-state index contributed by atoms with van der Waals surface area (Å²) in [6.07, 6.45) is 1.66. The molecule has 0 fully saturated rings. The Kier molecular flexibility index (Phi) is 1.70. The number of rotatable bonds is 1. The SMILES string of the molecule is CC(=O)Nc1[nH]nc2cccnc12. The number of carbonyl (C=O) groups is 1. The summed E-state index contributed by atoms with van der Waals surface area (Å²) in [7, 11) is 0. The standard InChI is InChI=1S/C8H8N4O/c1-5(13)10-8-7-6(11-12-8)3-2-4-9-7/h2-4H,1H3,(H2,10,11,12,13). The molecule has 0 aromatic carbocycles. The van der Waals surface area contributed by atoms with Gasteiger partial charge in [-0.3, -0.25) is 14.9 Å². The molecule has 0 aliphatic rings. The van der Waals surface area contributed by atoms with Crippen molar-refractivity contribution in [3.63, 3.8) is 0 Å². The van der Waals surface area contributed by atoms with E-state index < -0.39 is 0 Å². The molecule has 13 heavy (non-hydrogen) atoms. The van der Waals surface area contributed by atoms with Crippen LogP contribution >= 0.6 is 0 Å². The number of nitrogens with one attached hydrogen (secondary N) is 2. The van der Waals surface area contributed by atoms with Gasteiger partial charge in [-0.2, -0.15) is 5.10 Å². The highest BCUT2D eigenvalue weighted by Crippen LogP contribution is 2.16. The van der Waals surface area contributed by atoms with E-state index in [1.165, 1.54) is 6.92 Å². The Morgan fingerprint density at radius 2 is 2.46 bits per heavy atom. The van der Waals surface area contributed by atoms with Gasteiger partial charge >= 0.3 is 0 Å². The number of amides is 1. The predicted octanol–water partition coefficient (Wildman–Crippen LogP) is 0.916. The van der Waals surface area contributed by atoms with Crippen molar-refractivity contribution in [2.24, 2.45) is 0 Å². The fraction of sp³-hybridized carbons (Fsp3) is 0.125. The number of fused-ring (bicyclic) bond motifs is 1. The van der Waals surface area contributed by atoms with E-state index in [0.29, 0.717) is 11.3 Å². The van der Waals surface area contributed by atoms with Gasteiger partial charge in [-0.15, -0.1) is 0 Å². The number of pyridine rings is 1. The lowest BCUT2D eigenvalue weighted by Gasteiger charge is -1.95. The first-order valence-corrected chi connectivity index (χ1v) is 3.84. The van der Waals surface area contributed by atoms with Gasteiger partial charge in [0.15, 0.2) is 5.82 Å². The van der Waals surface area contributed by atoms with Gasteiger partial charge in [0.05, 0.1) is 0 Å². The van der Waals surface area contributed by atoms with Crippen LogP contribution in [0.3, 0.4) is 0 Å². The third-order valence-electron chi connectivity index (χ3n) is 1.61. The molecule has 2 aromatic heterocycles. The maximum atomic E-state index is 10.8. The Morgan fingerprint density at radius 1 is 1.62 bits per heavy atom. The number of anilines is 1. The molecule has 0 aliphatic heterocycles. The minimum Gasteiger partial charge on any atom is -0.309 e. The van der Waals surface area contributed by atoms with E-state index in [9.17, 15) is 4.79 Å². The first-order chi connectivity index (χ1) is 6.27. The van der Waals surface area contributed by atoms with Gasteiger partial charge in [0.2, 0.25) is 5.91 Å². The lowest BCUT2D eigenvalue weighted by atomic mass is 10.4. The van der Waals surface area contributed by atoms with Crippen LogP contribution in [0.4, 0.5) is 5.82 Å². The predicted molar refractivity (Wildman–Crippen MR) is 48.2 cm³/mol. The van der Waals surface area contributed by atoms with Crippen LogP contribution in [0.2, 0.25) is 0 Å². The summed E-state index contributed by atoms with van der Waals surface area (Å²) in [6, 6.07) is 3.62.